The molecular weight excluding hydrogens is 298 g/mol. The molecule has 0 spiro atoms. The lowest BCUT2D eigenvalue weighted by molar-refractivity contribution is -0.0498. The Hall–Kier alpha value is -2.01. The van der Waals surface area contributed by atoms with Crippen molar-refractivity contribution in [3.8, 4) is 5.75 Å². The minimum Gasteiger partial charge on any atom is -0.435 e. The van der Waals surface area contributed by atoms with Gasteiger partial charge in [0.15, 0.2) is 0 Å². The summed E-state index contributed by atoms with van der Waals surface area (Å²) in [5.74, 6) is 0.195. The third-order valence-corrected chi connectivity index (χ3v) is 3.73. The average Bonchev–Trinajstić information content (AvgIpc) is 2.54. The number of pyridine rings is 1. The number of alkyl halides is 2. The lowest BCUT2D eigenvalue weighted by Gasteiger charge is -2.20. The lowest BCUT2D eigenvalue weighted by Crippen LogP contribution is -2.29. The molecule has 5 heteroatoms. The molecule has 2 atom stereocenters. The van der Waals surface area contributed by atoms with Crippen LogP contribution in [0, 0.1) is 0 Å². The highest BCUT2D eigenvalue weighted by atomic mass is 19.3. The summed E-state index contributed by atoms with van der Waals surface area (Å²) in [6.45, 7) is 1.48. The summed E-state index contributed by atoms with van der Waals surface area (Å²) in [6.07, 6.45) is 5.47. The Morgan fingerprint density at radius 3 is 2.48 bits per heavy atom. The van der Waals surface area contributed by atoms with Gasteiger partial charge in [-0.15, -0.1) is 0 Å². The smallest absolute Gasteiger partial charge is 0.387 e. The minimum absolute atomic E-state index is 0.195. The van der Waals surface area contributed by atoms with Crippen LogP contribution in [-0.4, -0.2) is 17.6 Å². The van der Waals surface area contributed by atoms with Crippen molar-refractivity contribution in [3.05, 3.63) is 59.9 Å². The zero-order valence-corrected chi connectivity index (χ0v) is 13.4. The Morgan fingerprint density at radius 1 is 1.13 bits per heavy atom. The monoisotopic (exact) mass is 320 g/mol. The van der Waals surface area contributed by atoms with Crippen molar-refractivity contribution < 1.29 is 13.5 Å². The number of nitrogens with one attached hydrogen (secondary N) is 1. The summed E-state index contributed by atoms with van der Waals surface area (Å²) in [6, 6.07) is 11.4. The molecule has 0 aliphatic rings. The molecule has 2 unspecified atom stereocenters. The van der Waals surface area contributed by atoms with E-state index < -0.39 is 6.61 Å². The van der Waals surface area contributed by atoms with E-state index >= 15 is 0 Å². The van der Waals surface area contributed by atoms with Gasteiger partial charge in [0.05, 0.1) is 0 Å². The number of benzene rings is 1. The Labute approximate surface area is 135 Å². The van der Waals surface area contributed by atoms with Crippen LogP contribution in [0.15, 0.2) is 48.8 Å². The fourth-order valence-corrected chi connectivity index (χ4v) is 2.46. The molecule has 0 saturated carbocycles. The second-order valence-corrected chi connectivity index (χ2v) is 5.64. The molecule has 0 aliphatic carbocycles. The molecule has 0 bridgehead atoms. The fourth-order valence-electron chi connectivity index (χ4n) is 2.46. The molecule has 1 N–H and O–H groups in total. The van der Waals surface area contributed by atoms with Gasteiger partial charge < -0.3 is 10.1 Å². The molecule has 2 rings (SSSR count). The molecule has 0 radical (unpaired) electrons. The summed E-state index contributed by atoms with van der Waals surface area (Å²) < 4.78 is 28.5. The summed E-state index contributed by atoms with van der Waals surface area (Å²) in [7, 11) is 0. The third kappa shape index (κ3) is 5.94. The fraction of sp³-hybridized carbons (Fsp3) is 0.389. The van der Waals surface area contributed by atoms with Crippen molar-refractivity contribution in [2.45, 2.75) is 45.4 Å². The van der Waals surface area contributed by atoms with Crippen LogP contribution in [0.4, 0.5) is 8.78 Å². The second kappa shape index (κ2) is 8.58. The molecule has 0 fully saturated rings. The van der Waals surface area contributed by atoms with Crippen molar-refractivity contribution in [1.82, 2.24) is 10.3 Å². The third-order valence-electron chi connectivity index (χ3n) is 3.73. The molecule has 1 aromatic carbocycles. The van der Waals surface area contributed by atoms with Crippen LogP contribution in [0.25, 0.3) is 0 Å². The standard InChI is InChI=1S/C18H22F2N2O/c1-13(22-14(2)16-4-3-11-21-12-16)5-6-15-7-9-17(10-8-15)23-18(19)20/h3-4,7-14,18,22H,5-6H2,1-2H3. The minimum atomic E-state index is -2.78. The van der Waals surface area contributed by atoms with Gasteiger partial charge in [-0.25, -0.2) is 0 Å². The maximum atomic E-state index is 12.1. The van der Waals surface area contributed by atoms with Crippen molar-refractivity contribution in [2.75, 3.05) is 0 Å². The number of nitrogens with zero attached hydrogens (tertiary/aromatic N) is 1. The molecule has 124 valence electrons. The van der Waals surface area contributed by atoms with Crippen LogP contribution >= 0.6 is 0 Å². The first-order chi connectivity index (χ1) is 11.0. The first-order valence-corrected chi connectivity index (χ1v) is 7.74. The van der Waals surface area contributed by atoms with E-state index in [2.05, 4.69) is 35.0 Å². The van der Waals surface area contributed by atoms with Gasteiger partial charge in [0, 0.05) is 24.5 Å². The van der Waals surface area contributed by atoms with Gasteiger partial charge >= 0.3 is 6.61 Å². The highest BCUT2D eigenvalue weighted by molar-refractivity contribution is 5.27. The van der Waals surface area contributed by atoms with Crippen LogP contribution < -0.4 is 10.1 Å². The van der Waals surface area contributed by atoms with E-state index in [1.165, 1.54) is 0 Å². The van der Waals surface area contributed by atoms with Gasteiger partial charge in [-0.3, -0.25) is 4.98 Å². The van der Waals surface area contributed by atoms with E-state index in [1.54, 1.807) is 18.3 Å². The first kappa shape index (κ1) is 17.3. The van der Waals surface area contributed by atoms with E-state index in [9.17, 15) is 8.78 Å². The Kier molecular flexibility index (Phi) is 6.47. The summed E-state index contributed by atoms with van der Waals surface area (Å²) in [4.78, 5) is 4.13. The molecule has 0 aliphatic heterocycles. The Balaban J connectivity index is 1.78. The maximum absolute atomic E-state index is 12.1. The largest absolute Gasteiger partial charge is 0.435 e. The number of aromatic nitrogens is 1. The van der Waals surface area contributed by atoms with E-state index in [-0.39, 0.29) is 11.8 Å². The number of aryl methyl sites for hydroxylation is 1. The topological polar surface area (TPSA) is 34.1 Å². The van der Waals surface area contributed by atoms with Crippen molar-refractivity contribution in [3.63, 3.8) is 0 Å². The zero-order chi connectivity index (χ0) is 16.7. The molecule has 3 nitrogen and oxygen atoms in total. The number of ether oxygens (including phenoxy) is 1. The highest BCUT2D eigenvalue weighted by Gasteiger charge is 2.10. The molecule has 0 saturated heterocycles. The first-order valence-electron chi connectivity index (χ1n) is 7.74. The number of halogens is 2. The Morgan fingerprint density at radius 2 is 1.87 bits per heavy atom. The average molecular weight is 320 g/mol. The van der Waals surface area contributed by atoms with E-state index in [0.29, 0.717) is 6.04 Å². The molecule has 1 heterocycles. The second-order valence-electron chi connectivity index (χ2n) is 5.64. The van der Waals surface area contributed by atoms with Crippen LogP contribution in [0.5, 0.6) is 5.75 Å². The van der Waals surface area contributed by atoms with Crippen LogP contribution in [0.3, 0.4) is 0 Å². The van der Waals surface area contributed by atoms with Crippen molar-refractivity contribution in [2.24, 2.45) is 0 Å². The Bertz CT molecular complexity index is 575. The van der Waals surface area contributed by atoms with Gasteiger partial charge in [-0.05, 0) is 56.0 Å². The molecule has 2 aromatic rings. The maximum Gasteiger partial charge on any atom is 0.387 e. The van der Waals surface area contributed by atoms with Crippen LogP contribution in [0.1, 0.15) is 37.4 Å². The zero-order valence-electron chi connectivity index (χ0n) is 13.4. The van der Waals surface area contributed by atoms with E-state index in [1.807, 2.05) is 24.4 Å². The molecule has 1 aromatic heterocycles. The van der Waals surface area contributed by atoms with E-state index in [4.69, 9.17) is 0 Å². The molecule has 23 heavy (non-hydrogen) atoms. The predicted octanol–water partition coefficient (Wildman–Crippen LogP) is 4.35. The van der Waals surface area contributed by atoms with Gasteiger partial charge in [-0.1, -0.05) is 18.2 Å². The highest BCUT2D eigenvalue weighted by Crippen LogP contribution is 2.17. The number of hydrogen-bond acceptors (Lipinski definition) is 3. The quantitative estimate of drug-likeness (QED) is 0.785. The number of hydrogen-bond donors (Lipinski definition) is 1. The molecular formula is C18H22F2N2O. The van der Waals surface area contributed by atoms with Gasteiger partial charge in [0.25, 0.3) is 0 Å². The normalized spacial score (nSPS) is 13.8. The summed E-state index contributed by atoms with van der Waals surface area (Å²) in [5.41, 5.74) is 2.27. The van der Waals surface area contributed by atoms with E-state index in [0.717, 1.165) is 24.0 Å². The predicted molar refractivity (Wildman–Crippen MR) is 86.6 cm³/mol. The SMILES string of the molecule is CC(CCc1ccc(OC(F)F)cc1)NC(C)c1cccnc1. The van der Waals surface area contributed by atoms with Crippen molar-refractivity contribution in [1.29, 1.82) is 0 Å². The van der Waals surface area contributed by atoms with Gasteiger partial charge in [0.1, 0.15) is 5.75 Å². The lowest BCUT2D eigenvalue weighted by atomic mass is 10.0. The van der Waals surface area contributed by atoms with Gasteiger partial charge in [0.2, 0.25) is 0 Å². The van der Waals surface area contributed by atoms with Crippen LogP contribution in [0.2, 0.25) is 0 Å². The number of rotatable bonds is 8. The summed E-state index contributed by atoms with van der Waals surface area (Å²) in [5, 5.41) is 3.54. The van der Waals surface area contributed by atoms with Gasteiger partial charge in [-0.2, -0.15) is 8.78 Å². The van der Waals surface area contributed by atoms with Crippen molar-refractivity contribution >= 4 is 0 Å². The molecule has 0 amide bonds. The summed E-state index contributed by atoms with van der Waals surface area (Å²) >= 11 is 0. The van der Waals surface area contributed by atoms with Crippen LogP contribution in [-0.2, 0) is 6.42 Å².